The van der Waals surface area contributed by atoms with Crippen molar-refractivity contribution in [2.75, 3.05) is 26.3 Å². The van der Waals surface area contributed by atoms with Crippen LogP contribution >= 0.6 is 11.3 Å². The fourth-order valence-corrected chi connectivity index (χ4v) is 4.11. The van der Waals surface area contributed by atoms with Crippen LogP contribution in [0.2, 0.25) is 0 Å². The van der Waals surface area contributed by atoms with Crippen molar-refractivity contribution in [3.8, 4) is 0 Å². The van der Waals surface area contributed by atoms with Crippen molar-refractivity contribution < 1.29 is 14.3 Å². The number of nitrogens with zero attached hydrogens (tertiary/aromatic N) is 4. The summed E-state index contributed by atoms with van der Waals surface area (Å²) in [4.78, 5) is 19.3. The van der Waals surface area contributed by atoms with Gasteiger partial charge in [0.05, 0.1) is 37.3 Å². The number of carbonyl (C=O) groups is 1. The Balaban J connectivity index is 1.45. The molecule has 0 radical (unpaired) electrons. The first kappa shape index (κ1) is 15.7. The molecule has 1 amide bonds. The number of hydrogen-bond donors (Lipinski definition) is 0. The molecule has 2 atom stereocenters. The molecule has 2 aliphatic rings. The van der Waals surface area contributed by atoms with Gasteiger partial charge in [-0.15, -0.1) is 11.3 Å². The molecule has 0 aromatic carbocycles. The van der Waals surface area contributed by atoms with Gasteiger partial charge in [0.1, 0.15) is 18.3 Å². The van der Waals surface area contributed by atoms with E-state index in [1.165, 1.54) is 17.7 Å². The Morgan fingerprint density at radius 3 is 3.25 bits per heavy atom. The van der Waals surface area contributed by atoms with Gasteiger partial charge in [-0.2, -0.15) is 5.10 Å². The molecule has 2 aromatic heterocycles. The first-order valence-corrected chi connectivity index (χ1v) is 9.03. The third-order valence-corrected chi connectivity index (χ3v) is 5.42. The summed E-state index contributed by atoms with van der Waals surface area (Å²) in [5.74, 6) is 0.0678. The summed E-state index contributed by atoms with van der Waals surface area (Å²) in [5, 5.41) is 6.07. The number of hydrogen-bond acceptors (Lipinski definition) is 6. The Kier molecular flexibility index (Phi) is 4.34. The quantitative estimate of drug-likeness (QED) is 0.839. The minimum Gasteiger partial charge on any atom is -0.377 e. The van der Waals surface area contributed by atoms with Crippen LogP contribution in [-0.4, -0.2) is 63.6 Å². The van der Waals surface area contributed by atoms with E-state index in [1.54, 1.807) is 11.0 Å². The summed E-state index contributed by atoms with van der Waals surface area (Å²) >= 11 is 1.47. The highest BCUT2D eigenvalue weighted by molar-refractivity contribution is 7.12. The van der Waals surface area contributed by atoms with E-state index < -0.39 is 5.60 Å². The number of amides is 1. The van der Waals surface area contributed by atoms with Gasteiger partial charge in [-0.3, -0.25) is 9.48 Å². The molecule has 2 aliphatic heterocycles. The average Bonchev–Trinajstić information content (AvgIpc) is 3.30. The van der Waals surface area contributed by atoms with Crippen molar-refractivity contribution in [3.05, 3.63) is 35.0 Å². The van der Waals surface area contributed by atoms with Crippen LogP contribution in [-0.2, 0) is 16.0 Å². The predicted molar refractivity (Wildman–Crippen MR) is 87.9 cm³/mol. The molecule has 2 aromatic rings. The highest BCUT2D eigenvalue weighted by Gasteiger charge is 2.44. The van der Waals surface area contributed by atoms with Gasteiger partial charge in [-0.1, -0.05) is 6.07 Å². The normalized spacial score (nSPS) is 27.5. The Labute approximate surface area is 144 Å². The molecular formula is C16H20N4O3S. The lowest BCUT2D eigenvalue weighted by atomic mass is 10.00. The Bertz CT molecular complexity index is 676. The van der Waals surface area contributed by atoms with Crippen LogP contribution in [0.5, 0.6) is 0 Å². The van der Waals surface area contributed by atoms with Gasteiger partial charge in [-0.25, -0.2) is 4.98 Å². The van der Waals surface area contributed by atoms with Gasteiger partial charge in [0.25, 0.3) is 5.91 Å². The summed E-state index contributed by atoms with van der Waals surface area (Å²) in [6.07, 6.45) is 5.13. The molecule has 2 fully saturated rings. The summed E-state index contributed by atoms with van der Waals surface area (Å²) in [5.41, 5.74) is -0.408. The Morgan fingerprint density at radius 1 is 1.50 bits per heavy atom. The van der Waals surface area contributed by atoms with Gasteiger partial charge >= 0.3 is 0 Å². The molecule has 128 valence electrons. The number of ether oxygens (including phenoxy) is 2. The van der Waals surface area contributed by atoms with Crippen LogP contribution in [0.15, 0.2) is 30.2 Å². The van der Waals surface area contributed by atoms with Crippen LogP contribution in [0.4, 0.5) is 0 Å². The van der Waals surface area contributed by atoms with Crippen molar-refractivity contribution in [1.82, 2.24) is 19.7 Å². The molecule has 8 heteroatoms. The van der Waals surface area contributed by atoms with Gasteiger partial charge in [0.2, 0.25) is 0 Å². The standard InChI is InChI=1S/C16H20N4O3S/c21-15(14-2-1-7-24-14)19-5-6-22-10-16(9-19)4-3-13(23-16)8-20-12-17-11-18-20/h1-2,7,11-13H,3-6,8-10H2/t13-,16+/m1/s1. The van der Waals surface area contributed by atoms with Crippen molar-refractivity contribution in [1.29, 1.82) is 0 Å². The molecule has 24 heavy (non-hydrogen) atoms. The molecule has 0 unspecified atom stereocenters. The summed E-state index contributed by atoms with van der Waals surface area (Å²) < 4.78 is 13.9. The largest absolute Gasteiger partial charge is 0.377 e. The zero-order valence-corrected chi connectivity index (χ0v) is 14.2. The van der Waals surface area contributed by atoms with Crippen LogP contribution in [0, 0.1) is 0 Å². The third kappa shape index (κ3) is 3.22. The summed E-state index contributed by atoms with van der Waals surface area (Å²) in [6.45, 7) is 2.96. The minimum absolute atomic E-state index is 0.0678. The van der Waals surface area contributed by atoms with Crippen LogP contribution in [0.3, 0.4) is 0 Å². The highest BCUT2D eigenvalue weighted by atomic mass is 32.1. The smallest absolute Gasteiger partial charge is 0.264 e. The summed E-state index contributed by atoms with van der Waals surface area (Å²) in [6, 6.07) is 3.77. The fraction of sp³-hybridized carbons (Fsp3) is 0.562. The number of thiophene rings is 1. The third-order valence-electron chi connectivity index (χ3n) is 4.56. The second-order valence-electron chi connectivity index (χ2n) is 6.34. The molecule has 2 saturated heterocycles. The van der Waals surface area contributed by atoms with E-state index in [0.29, 0.717) is 32.8 Å². The Hall–Kier alpha value is -1.77. The van der Waals surface area contributed by atoms with Crippen molar-refractivity contribution in [3.63, 3.8) is 0 Å². The van der Waals surface area contributed by atoms with E-state index in [2.05, 4.69) is 10.1 Å². The van der Waals surface area contributed by atoms with Gasteiger partial charge in [0.15, 0.2) is 0 Å². The molecule has 0 N–H and O–H groups in total. The van der Waals surface area contributed by atoms with Crippen LogP contribution in [0.1, 0.15) is 22.5 Å². The van der Waals surface area contributed by atoms with Gasteiger partial charge in [0, 0.05) is 6.54 Å². The average molecular weight is 348 g/mol. The Morgan fingerprint density at radius 2 is 2.46 bits per heavy atom. The first-order valence-electron chi connectivity index (χ1n) is 8.15. The lowest BCUT2D eigenvalue weighted by Crippen LogP contribution is -2.46. The minimum atomic E-state index is -0.408. The SMILES string of the molecule is O=C(c1cccs1)N1CCOC[C@]2(CC[C@H](Cn3cncn3)O2)C1. The highest BCUT2D eigenvalue weighted by Crippen LogP contribution is 2.34. The van der Waals surface area contributed by atoms with Crippen molar-refractivity contribution in [2.24, 2.45) is 0 Å². The van der Waals surface area contributed by atoms with Crippen molar-refractivity contribution >= 4 is 17.2 Å². The zero-order valence-electron chi connectivity index (χ0n) is 13.3. The fourth-order valence-electron chi connectivity index (χ4n) is 3.42. The monoisotopic (exact) mass is 348 g/mol. The lowest BCUT2D eigenvalue weighted by Gasteiger charge is -2.31. The van der Waals surface area contributed by atoms with E-state index in [9.17, 15) is 4.79 Å². The molecule has 7 nitrogen and oxygen atoms in total. The van der Waals surface area contributed by atoms with Gasteiger partial charge < -0.3 is 14.4 Å². The van der Waals surface area contributed by atoms with Crippen LogP contribution in [0.25, 0.3) is 0 Å². The maximum atomic E-state index is 12.7. The lowest BCUT2D eigenvalue weighted by molar-refractivity contribution is -0.0881. The molecule has 0 aliphatic carbocycles. The van der Waals surface area contributed by atoms with E-state index in [4.69, 9.17) is 9.47 Å². The van der Waals surface area contributed by atoms with E-state index in [-0.39, 0.29) is 12.0 Å². The molecular weight excluding hydrogens is 328 g/mol. The summed E-state index contributed by atoms with van der Waals surface area (Å²) in [7, 11) is 0. The number of aromatic nitrogens is 3. The van der Waals surface area contributed by atoms with E-state index >= 15 is 0 Å². The second-order valence-corrected chi connectivity index (χ2v) is 7.28. The molecule has 4 rings (SSSR count). The predicted octanol–water partition coefficient (Wildman–Crippen LogP) is 1.43. The maximum absolute atomic E-state index is 12.7. The van der Waals surface area contributed by atoms with Crippen LogP contribution < -0.4 is 0 Å². The van der Waals surface area contributed by atoms with E-state index in [0.717, 1.165) is 17.7 Å². The van der Waals surface area contributed by atoms with Crippen molar-refractivity contribution in [2.45, 2.75) is 31.1 Å². The number of carbonyl (C=O) groups excluding carboxylic acids is 1. The zero-order chi connectivity index (χ0) is 16.4. The van der Waals surface area contributed by atoms with Gasteiger partial charge in [-0.05, 0) is 24.3 Å². The first-order chi connectivity index (χ1) is 11.7. The second kappa shape index (κ2) is 6.62. The molecule has 0 saturated carbocycles. The van der Waals surface area contributed by atoms with E-state index in [1.807, 2.05) is 22.4 Å². The topological polar surface area (TPSA) is 69.5 Å². The number of rotatable bonds is 3. The molecule has 1 spiro atoms. The molecule has 0 bridgehead atoms. The molecule has 4 heterocycles. The maximum Gasteiger partial charge on any atom is 0.264 e.